The largest absolute Gasteiger partial charge is 0.456 e. The summed E-state index contributed by atoms with van der Waals surface area (Å²) in [6.07, 6.45) is 3.95. The van der Waals surface area contributed by atoms with Crippen molar-refractivity contribution in [3.63, 3.8) is 0 Å². The Morgan fingerprint density at radius 2 is 1.11 bits per heavy atom. The molecule has 260 valence electrons. The fourth-order valence-electron chi connectivity index (χ4n) is 7.63. The molecule has 0 radical (unpaired) electrons. The number of nitrogens with zero attached hydrogens (tertiary/aromatic N) is 2. The number of rotatable bonds is 7. The Labute approximate surface area is 318 Å². The normalized spacial score (nSPS) is 13.1. The fourth-order valence-corrected chi connectivity index (χ4v) is 7.63. The van der Waals surface area contributed by atoms with E-state index in [1.807, 2.05) is 60.7 Å². The summed E-state index contributed by atoms with van der Waals surface area (Å²) in [5.74, 6) is 0. The van der Waals surface area contributed by atoms with E-state index >= 15 is 0 Å². The van der Waals surface area contributed by atoms with Gasteiger partial charge in [0, 0.05) is 39.5 Å². The third-order valence-corrected chi connectivity index (χ3v) is 10.3. The Bertz CT molecular complexity index is 2980. The van der Waals surface area contributed by atoms with Gasteiger partial charge in [-0.2, -0.15) is 5.10 Å². The molecule has 0 spiro atoms. The van der Waals surface area contributed by atoms with Gasteiger partial charge in [0.25, 0.3) is 0 Å². The predicted molar refractivity (Wildman–Crippen MR) is 230 cm³/mol. The SMILES string of the molecule is N=C1/C(=N\Nc2ccccc2)C=Cc2ccc3ccc(-c4cccc(N(c5cccc(-c6ccccc6)c5)c5ccc6c(c5)oc5ccccc56)c4)cc3c21. The minimum atomic E-state index is 0.392. The summed E-state index contributed by atoms with van der Waals surface area (Å²) < 4.78 is 6.38. The van der Waals surface area contributed by atoms with Gasteiger partial charge >= 0.3 is 0 Å². The third kappa shape index (κ3) is 5.94. The minimum Gasteiger partial charge on any atom is -0.456 e. The molecule has 1 heterocycles. The monoisotopic (exact) mass is 706 g/mol. The number of benzene rings is 8. The molecule has 0 aliphatic heterocycles. The molecular weight excluding hydrogens is 673 g/mol. The molecule has 10 rings (SSSR count). The van der Waals surface area contributed by atoms with Gasteiger partial charge in [0.05, 0.1) is 11.4 Å². The van der Waals surface area contributed by atoms with Gasteiger partial charge in [0.1, 0.15) is 16.9 Å². The van der Waals surface area contributed by atoms with Crippen LogP contribution < -0.4 is 10.3 Å². The van der Waals surface area contributed by atoms with Crippen molar-refractivity contribution >= 4 is 73.0 Å². The Balaban J connectivity index is 1.08. The van der Waals surface area contributed by atoms with Crippen LogP contribution in [-0.4, -0.2) is 11.4 Å². The first kappa shape index (κ1) is 32.2. The van der Waals surface area contributed by atoms with Crippen molar-refractivity contribution in [1.82, 2.24) is 0 Å². The standard InChI is InChI=1S/C50H34N4O/c51-50-46(53-52-39-15-5-2-6-16-39)28-25-35-23-21-34-22-24-38(31-45(34)49(35)50)37-14-10-18-41(30-37)54(40-17-9-13-36(29-40)33-11-3-1-4-12-33)42-26-27-44-43-19-7-8-20-47(43)55-48(44)32-42/h1-32,51-52H/b51-50?,53-46-. The average molecular weight is 707 g/mol. The number of furan rings is 1. The van der Waals surface area contributed by atoms with Crippen molar-refractivity contribution in [3.8, 4) is 22.3 Å². The maximum atomic E-state index is 9.27. The average Bonchev–Trinajstić information content (AvgIpc) is 3.62. The summed E-state index contributed by atoms with van der Waals surface area (Å²) in [7, 11) is 0. The van der Waals surface area contributed by atoms with Gasteiger partial charge in [0.2, 0.25) is 0 Å². The number of hydrogen-bond donors (Lipinski definition) is 2. The third-order valence-electron chi connectivity index (χ3n) is 10.3. The minimum absolute atomic E-state index is 0.392. The van der Waals surface area contributed by atoms with Crippen LogP contribution in [0.1, 0.15) is 11.1 Å². The van der Waals surface area contributed by atoms with E-state index in [1.54, 1.807) is 0 Å². The summed E-state index contributed by atoms with van der Waals surface area (Å²) >= 11 is 0. The Morgan fingerprint density at radius 3 is 1.91 bits per heavy atom. The van der Waals surface area contributed by atoms with Crippen LogP contribution >= 0.6 is 0 Å². The highest BCUT2D eigenvalue weighted by Gasteiger charge is 2.21. The number of fused-ring (bicyclic) bond motifs is 6. The van der Waals surface area contributed by atoms with Crippen molar-refractivity contribution < 1.29 is 4.42 Å². The molecule has 0 atom stereocenters. The van der Waals surface area contributed by atoms with Gasteiger partial charge in [0.15, 0.2) is 0 Å². The molecule has 0 amide bonds. The molecular formula is C50H34N4O. The van der Waals surface area contributed by atoms with E-state index in [0.29, 0.717) is 11.4 Å². The smallest absolute Gasteiger partial charge is 0.137 e. The molecule has 1 aromatic heterocycles. The molecule has 0 saturated heterocycles. The van der Waals surface area contributed by atoms with Gasteiger partial charge in [-0.05, 0) is 105 Å². The van der Waals surface area contributed by atoms with Crippen LogP contribution in [0.15, 0.2) is 198 Å². The number of allylic oxidation sites excluding steroid dienone is 1. The molecule has 9 aromatic rings. The van der Waals surface area contributed by atoms with Crippen LogP contribution in [0.25, 0.3) is 61.0 Å². The molecule has 1 aliphatic carbocycles. The highest BCUT2D eigenvalue weighted by Crippen LogP contribution is 2.41. The summed E-state index contributed by atoms with van der Waals surface area (Å²) in [6.45, 7) is 0. The maximum absolute atomic E-state index is 9.27. The molecule has 0 unspecified atom stereocenters. The second kappa shape index (κ2) is 13.5. The lowest BCUT2D eigenvalue weighted by atomic mass is 9.88. The van der Waals surface area contributed by atoms with Crippen LogP contribution in [0.3, 0.4) is 0 Å². The van der Waals surface area contributed by atoms with Crippen molar-refractivity contribution in [3.05, 3.63) is 199 Å². The second-order valence-corrected chi connectivity index (χ2v) is 13.7. The number of anilines is 4. The summed E-state index contributed by atoms with van der Waals surface area (Å²) in [6, 6.07) is 63.1. The van der Waals surface area contributed by atoms with E-state index in [0.717, 1.165) is 88.8 Å². The van der Waals surface area contributed by atoms with Crippen LogP contribution in [0, 0.1) is 5.41 Å². The van der Waals surface area contributed by atoms with Crippen molar-refractivity contribution in [1.29, 1.82) is 5.41 Å². The second-order valence-electron chi connectivity index (χ2n) is 13.7. The van der Waals surface area contributed by atoms with Crippen molar-refractivity contribution in [2.75, 3.05) is 10.3 Å². The topological polar surface area (TPSA) is 64.6 Å². The van der Waals surface area contributed by atoms with Crippen LogP contribution in [-0.2, 0) is 0 Å². The number of para-hydroxylation sites is 2. The lowest BCUT2D eigenvalue weighted by molar-refractivity contribution is 0.669. The quantitative estimate of drug-likeness (QED) is 0.162. The van der Waals surface area contributed by atoms with Crippen LogP contribution in [0.5, 0.6) is 0 Å². The number of hydrazone groups is 1. The molecule has 0 fully saturated rings. The number of hydrogen-bond acceptors (Lipinski definition) is 5. The first-order valence-corrected chi connectivity index (χ1v) is 18.4. The number of nitrogens with one attached hydrogen (secondary N) is 2. The van der Waals surface area contributed by atoms with E-state index in [2.05, 4.69) is 149 Å². The zero-order chi connectivity index (χ0) is 36.7. The zero-order valence-electron chi connectivity index (χ0n) is 29.8. The molecule has 55 heavy (non-hydrogen) atoms. The van der Waals surface area contributed by atoms with Crippen molar-refractivity contribution in [2.45, 2.75) is 0 Å². The summed E-state index contributed by atoms with van der Waals surface area (Å²) in [5, 5.41) is 18.2. The molecule has 0 bridgehead atoms. The van der Waals surface area contributed by atoms with Gasteiger partial charge in [-0.25, -0.2) is 0 Å². The molecule has 5 nitrogen and oxygen atoms in total. The molecule has 1 aliphatic rings. The van der Waals surface area contributed by atoms with Gasteiger partial charge in [-0.3, -0.25) is 10.8 Å². The van der Waals surface area contributed by atoms with E-state index in [4.69, 9.17) is 4.42 Å². The summed E-state index contributed by atoms with van der Waals surface area (Å²) in [4.78, 5) is 2.30. The van der Waals surface area contributed by atoms with E-state index in [1.165, 1.54) is 0 Å². The maximum Gasteiger partial charge on any atom is 0.137 e. The highest BCUT2D eigenvalue weighted by atomic mass is 16.3. The predicted octanol–water partition coefficient (Wildman–Crippen LogP) is 13.4. The fraction of sp³-hybridized carbons (Fsp3) is 0. The van der Waals surface area contributed by atoms with E-state index in [-0.39, 0.29) is 0 Å². The lowest BCUT2D eigenvalue weighted by Crippen LogP contribution is -2.18. The van der Waals surface area contributed by atoms with Crippen LogP contribution in [0.4, 0.5) is 22.7 Å². The Morgan fingerprint density at radius 1 is 0.473 bits per heavy atom. The lowest BCUT2D eigenvalue weighted by Gasteiger charge is -2.26. The van der Waals surface area contributed by atoms with Gasteiger partial charge in [-0.15, -0.1) is 0 Å². The van der Waals surface area contributed by atoms with Crippen molar-refractivity contribution in [2.24, 2.45) is 5.10 Å². The Hall–Kier alpha value is -7.50. The van der Waals surface area contributed by atoms with Gasteiger partial charge in [-0.1, -0.05) is 121 Å². The molecule has 0 saturated carbocycles. The first-order valence-electron chi connectivity index (χ1n) is 18.4. The van der Waals surface area contributed by atoms with E-state index in [9.17, 15) is 5.41 Å². The highest BCUT2D eigenvalue weighted by molar-refractivity contribution is 6.55. The first-order chi connectivity index (χ1) is 27.2. The molecule has 2 N–H and O–H groups in total. The summed E-state index contributed by atoms with van der Waals surface area (Å²) in [5.41, 5.74) is 16.1. The van der Waals surface area contributed by atoms with Crippen LogP contribution in [0.2, 0.25) is 0 Å². The zero-order valence-corrected chi connectivity index (χ0v) is 29.8. The Kier molecular flexibility index (Phi) is 7.89. The molecule has 5 heteroatoms. The van der Waals surface area contributed by atoms with E-state index < -0.39 is 0 Å². The van der Waals surface area contributed by atoms with Gasteiger partial charge < -0.3 is 9.32 Å². The molecule has 8 aromatic carbocycles.